The van der Waals surface area contributed by atoms with Gasteiger partial charge in [-0.15, -0.1) is 0 Å². The highest BCUT2D eigenvalue weighted by Crippen LogP contribution is 2.18. The van der Waals surface area contributed by atoms with Gasteiger partial charge in [0.1, 0.15) is 5.82 Å². The lowest BCUT2D eigenvalue weighted by Crippen LogP contribution is -2.32. The second kappa shape index (κ2) is 10.9. The number of fused-ring (bicyclic) bond motifs is 1. The van der Waals surface area contributed by atoms with E-state index in [0.29, 0.717) is 32.4 Å². The summed E-state index contributed by atoms with van der Waals surface area (Å²) in [5.74, 6) is 1.01. The summed E-state index contributed by atoms with van der Waals surface area (Å²) in [5.41, 5.74) is 3.05. The minimum absolute atomic E-state index is 0.00750. The molecule has 0 radical (unpaired) electrons. The summed E-state index contributed by atoms with van der Waals surface area (Å²) < 4.78 is 2.09. The molecule has 0 aliphatic carbocycles. The standard InChI is InChI=1S/C26H32N4O2/c31-25(15-14-21-10-4-3-5-11-21)27-20-24-28-22-12-6-7-13-23(22)30(24)19-16-26(32)29-17-8-1-2-9-18-29/h3-7,10-13H,1-2,8-9,14-20H2,(H,27,31). The van der Waals surface area contributed by atoms with Crippen molar-refractivity contribution in [1.82, 2.24) is 19.8 Å². The van der Waals surface area contributed by atoms with Crippen LogP contribution in [0, 0.1) is 0 Å². The number of carbonyl (C=O) groups excluding carboxylic acids is 2. The molecule has 4 rings (SSSR count). The lowest BCUT2D eigenvalue weighted by Gasteiger charge is -2.20. The Kier molecular flexibility index (Phi) is 7.54. The van der Waals surface area contributed by atoms with Crippen molar-refractivity contribution in [3.8, 4) is 0 Å². The van der Waals surface area contributed by atoms with Gasteiger partial charge in [-0.25, -0.2) is 4.98 Å². The average molecular weight is 433 g/mol. The largest absolute Gasteiger partial charge is 0.349 e. The first-order valence-corrected chi connectivity index (χ1v) is 11.7. The Balaban J connectivity index is 1.38. The third-order valence-corrected chi connectivity index (χ3v) is 6.17. The van der Waals surface area contributed by atoms with Gasteiger partial charge < -0.3 is 14.8 Å². The van der Waals surface area contributed by atoms with Gasteiger partial charge in [-0.1, -0.05) is 55.3 Å². The van der Waals surface area contributed by atoms with Gasteiger partial charge in [-0.05, 0) is 37.0 Å². The van der Waals surface area contributed by atoms with Crippen molar-refractivity contribution < 1.29 is 9.59 Å². The molecule has 2 aromatic carbocycles. The molecular formula is C26H32N4O2. The van der Waals surface area contributed by atoms with Crippen LogP contribution in [0.4, 0.5) is 0 Å². The van der Waals surface area contributed by atoms with Gasteiger partial charge in [0.15, 0.2) is 0 Å². The Bertz CT molecular complexity index is 1040. The summed E-state index contributed by atoms with van der Waals surface area (Å²) in [6.45, 7) is 2.67. The minimum atomic E-state index is 0.00750. The van der Waals surface area contributed by atoms with E-state index < -0.39 is 0 Å². The van der Waals surface area contributed by atoms with E-state index in [1.54, 1.807) is 0 Å². The van der Waals surface area contributed by atoms with Crippen LogP contribution in [0.5, 0.6) is 0 Å². The van der Waals surface area contributed by atoms with E-state index in [0.717, 1.165) is 48.4 Å². The van der Waals surface area contributed by atoms with E-state index in [-0.39, 0.29) is 11.8 Å². The Hall–Kier alpha value is -3.15. The van der Waals surface area contributed by atoms with Crippen LogP contribution in [0.3, 0.4) is 0 Å². The summed E-state index contributed by atoms with van der Waals surface area (Å²) in [7, 11) is 0. The topological polar surface area (TPSA) is 67.2 Å². The number of hydrogen-bond donors (Lipinski definition) is 1. The van der Waals surface area contributed by atoms with Gasteiger partial charge in [-0.2, -0.15) is 0 Å². The van der Waals surface area contributed by atoms with Crippen LogP contribution >= 0.6 is 0 Å². The molecule has 32 heavy (non-hydrogen) atoms. The minimum Gasteiger partial charge on any atom is -0.349 e. The van der Waals surface area contributed by atoms with Crippen LogP contribution in [0.1, 0.15) is 49.9 Å². The molecule has 0 bridgehead atoms. The summed E-state index contributed by atoms with van der Waals surface area (Å²) in [5, 5.41) is 3.01. The van der Waals surface area contributed by atoms with Crippen LogP contribution in [0.15, 0.2) is 54.6 Å². The normalized spacial score (nSPS) is 14.3. The van der Waals surface area contributed by atoms with Crippen molar-refractivity contribution in [2.75, 3.05) is 13.1 Å². The molecule has 3 aromatic rings. The molecule has 1 saturated heterocycles. The van der Waals surface area contributed by atoms with Crippen LogP contribution in [0.25, 0.3) is 11.0 Å². The van der Waals surface area contributed by atoms with E-state index in [9.17, 15) is 9.59 Å². The van der Waals surface area contributed by atoms with Crippen molar-refractivity contribution in [2.45, 2.75) is 58.0 Å². The van der Waals surface area contributed by atoms with Gasteiger partial charge in [0.2, 0.25) is 11.8 Å². The van der Waals surface area contributed by atoms with Gasteiger partial charge in [0, 0.05) is 32.5 Å². The highest BCUT2D eigenvalue weighted by molar-refractivity contribution is 5.79. The molecule has 2 amide bonds. The Morgan fingerprint density at radius 2 is 1.59 bits per heavy atom. The smallest absolute Gasteiger partial charge is 0.224 e. The Morgan fingerprint density at radius 1 is 0.875 bits per heavy atom. The van der Waals surface area contributed by atoms with Crippen molar-refractivity contribution >= 4 is 22.8 Å². The molecule has 0 saturated carbocycles. The molecule has 1 N–H and O–H groups in total. The van der Waals surface area contributed by atoms with Crippen LogP contribution in [-0.4, -0.2) is 39.4 Å². The zero-order chi connectivity index (χ0) is 22.2. The Labute approximate surface area is 189 Å². The van der Waals surface area contributed by atoms with Crippen molar-refractivity contribution in [3.05, 3.63) is 66.0 Å². The molecule has 0 spiro atoms. The second-order valence-corrected chi connectivity index (χ2v) is 8.48. The van der Waals surface area contributed by atoms with E-state index in [1.165, 1.54) is 12.8 Å². The third-order valence-electron chi connectivity index (χ3n) is 6.17. The zero-order valence-electron chi connectivity index (χ0n) is 18.6. The van der Waals surface area contributed by atoms with Gasteiger partial charge in [0.05, 0.1) is 17.6 Å². The van der Waals surface area contributed by atoms with E-state index in [1.807, 2.05) is 59.5 Å². The summed E-state index contributed by atoms with van der Waals surface area (Å²) in [6.07, 6.45) is 6.23. The fourth-order valence-electron chi connectivity index (χ4n) is 4.36. The van der Waals surface area contributed by atoms with Gasteiger partial charge in [0.25, 0.3) is 0 Å². The van der Waals surface area contributed by atoms with Gasteiger partial charge in [-0.3, -0.25) is 9.59 Å². The molecular weight excluding hydrogens is 400 g/mol. The number of nitrogens with zero attached hydrogens (tertiary/aromatic N) is 3. The summed E-state index contributed by atoms with van der Waals surface area (Å²) in [4.78, 5) is 32.0. The average Bonchev–Trinajstić information content (AvgIpc) is 2.98. The van der Waals surface area contributed by atoms with Gasteiger partial charge >= 0.3 is 0 Å². The van der Waals surface area contributed by atoms with Crippen LogP contribution < -0.4 is 5.32 Å². The molecule has 6 nitrogen and oxygen atoms in total. The maximum atomic E-state index is 12.8. The van der Waals surface area contributed by atoms with Crippen molar-refractivity contribution in [1.29, 1.82) is 0 Å². The fourth-order valence-corrected chi connectivity index (χ4v) is 4.36. The van der Waals surface area contributed by atoms with E-state index in [2.05, 4.69) is 9.88 Å². The zero-order valence-corrected chi connectivity index (χ0v) is 18.6. The molecule has 1 aromatic heterocycles. The second-order valence-electron chi connectivity index (χ2n) is 8.48. The number of rotatable bonds is 8. The summed E-state index contributed by atoms with van der Waals surface area (Å²) in [6, 6.07) is 18.0. The molecule has 2 heterocycles. The lowest BCUT2D eigenvalue weighted by molar-refractivity contribution is -0.131. The maximum absolute atomic E-state index is 12.8. The third kappa shape index (κ3) is 5.75. The number of imidazole rings is 1. The van der Waals surface area contributed by atoms with E-state index >= 15 is 0 Å². The number of hydrogen-bond acceptors (Lipinski definition) is 3. The molecule has 1 aliphatic rings. The lowest BCUT2D eigenvalue weighted by atomic mass is 10.1. The number of likely N-dealkylation sites (tertiary alicyclic amines) is 1. The predicted molar refractivity (Wildman–Crippen MR) is 126 cm³/mol. The highest BCUT2D eigenvalue weighted by Gasteiger charge is 2.17. The van der Waals surface area contributed by atoms with E-state index in [4.69, 9.17) is 4.98 Å². The summed E-state index contributed by atoms with van der Waals surface area (Å²) >= 11 is 0. The highest BCUT2D eigenvalue weighted by atomic mass is 16.2. The molecule has 168 valence electrons. The number of carbonyl (C=O) groups is 2. The molecule has 0 unspecified atom stereocenters. The van der Waals surface area contributed by atoms with Crippen LogP contribution in [-0.2, 0) is 29.1 Å². The first-order chi connectivity index (χ1) is 15.7. The quantitative estimate of drug-likeness (QED) is 0.583. The number of benzene rings is 2. The first kappa shape index (κ1) is 22.1. The monoisotopic (exact) mass is 432 g/mol. The molecule has 1 aliphatic heterocycles. The fraction of sp³-hybridized carbons (Fsp3) is 0.423. The number of para-hydroxylation sites is 2. The number of aromatic nitrogens is 2. The molecule has 6 heteroatoms. The maximum Gasteiger partial charge on any atom is 0.224 e. The van der Waals surface area contributed by atoms with Crippen LogP contribution in [0.2, 0.25) is 0 Å². The first-order valence-electron chi connectivity index (χ1n) is 11.7. The number of nitrogens with one attached hydrogen (secondary N) is 1. The molecule has 1 fully saturated rings. The van der Waals surface area contributed by atoms with Crippen molar-refractivity contribution in [3.63, 3.8) is 0 Å². The number of aryl methyl sites for hydroxylation is 2. The Morgan fingerprint density at radius 3 is 2.38 bits per heavy atom. The molecule has 0 atom stereocenters. The SMILES string of the molecule is O=C(CCc1ccccc1)NCc1nc2ccccc2n1CCC(=O)N1CCCCCC1. The predicted octanol–water partition coefficient (Wildman–Crippen LogP) is 4.08. The van der Waals surface area contributed by atoms with Crippen molar-refractivity contribution in [2.24, 2.45) is 0 Å². The number of amides is 2.